The van der Waals surface area contributed by atoms with Gasteiger partial charge in [0.25, 0.3) is 5.69 Å². The fourth-order valence-electron chi connectivity index (χ4n) is 2.29. The van der Waals surface area contributed by atoms with Gasteiger partial charge in [0, 0.05) is 11.5 Å². The normalized spacial score (nSPS) is 14.0. The highest BCUT2D eigenvalue weighted by molar-refractivity contribution is 5.82. The Morgan fingerprint density at radius 2 is 1.94 bits per heavy atom. The Kier molecular flexibility index (Phi) is 1.89. The number of fused-ring (bicyclic) bond motifs is 2. The Balaban J connectivity index is 2.24. The molecule has 4 heteroatoms. The first-order valence-electron chi connectivity index (χ1n) is 5.30. The Labute approximate surface area is 92.1 Å². The van der Waals surface area contributed by atoms with Gasteiger partial charge in [0.15, 0.2) is 0 Å². The molecule has 0 saturated heterocycles. The van der Waals surface area contributed by atoms with Crippen molar-refractivity contribution in [1.82, 2.24) is 4.98 Å². The summed E-state index contributed by atoms with van der Waals surface area (Å²) in [4.78, 5) is 14.4. The summed E-state index contributed by atoms with van der Waals surface area (Å²) in [7, 11) is 0. The van der Waals surface area contributed by atoms with Gasteiger partial charge < -0.3 is 0 Å². The Hall–Kier alpha value is -1.97. The van der Waals surface area contributed by atoms with Crippen molar-refractivity contribution in [3.8, 4) is 0 Å². The smallest absolute Gasteiger partial charge is 0.258 e. The minimum absolute atomic E-state index is 0.0606. The fourth-order valence-corrected chi connectivity index (χ4v) is 2.29. The number of hydrogen-bond donors (Lipinski definition) is 0. The number of hydrogen-bond acceptors (Lipinski definition) is 3. The molecule has 0 amide bonds. The van der Waals surface area contributed by atoms with Crippen LogP contribution in [0.5, 0.6) is 0 Å². The molecule has 80 valence electrons. The molecule has 1 aromatic heterocycles. The van der Waals surface area contributed by atoms with Gasteiger partial charge in [-0.15, -0.1) is 0 Å². The second kappa shape index (κ2) is 3.27. The van der Waals surface area contributed by atoms with Crippen LogP contribution in [-0.2, 0) is 12.8 Å². The van der Waals surface area contributed by atoms with Crippen molar-refractivity contribution in [2.45, 2.75) is 19.3 Å². The van der Waals surface area contributed by atoms with Crippen LogP contribution < -0.4 is 0 Å². The van der Waals surface area contributed by atoms with E-state index in [0.717, 1.165) is 23.7 Å². The van der Waals surface area contributed by atoms with Crippen molar-refractivity contribution < 1.29 is 4.92 Å². The standard InChI is InChI=1S/C12H10N2O2/c15-14(16)11-5-10-4-8-2-1-3-9(8)6-12(10)13-7-11/h4-7H,1-3H2. The van der Waals surface area contributed by atoms with E-state index in [4.69, 9.17) is 0 Å². The maximum Gasteiger partial charge on any atom is 0.288 e. The lowest BCUT2D eigenvalue weighted by molar-refractivity contribution is -0.385. The second-order valence-electron chi connectivity index (χ2n) is 4.12. The van der Waals surface area contributed by atoms with E-state index in [9.17, 15) is 10.1 Å². The monoisotopic (exact) mass is 214 g/mol. The maximum absolute atomic E-state index is 10.6. The van der Waals surface area contributed by atoms with Crippen molar-refractivity contribution in [2.24, 2.45) is 0 Å². The molecule has 4 nitrogen and oxygen atoms in total. The third-order valence-corrected chi connectivity index (χ3v) is 3.09. The number of benzene rings is 1. The van der Waals surface area contributed by atoms with Crippen LogP contribution in [0.1, 0.15) is 17.5 Å². The third kappa shape index (κ3) is 1.34. The van der Waals surface area contributed by atoms with Gasteiger partial charge >= 0.3 is 0 Å². The first-order chi connectivity index (χ1) is 7.74. The second-order valence-corrected chi connectivity index (χ2v) is 4.12. The minimum atomic E-state index is -0.403. The van der Waals surface area contributed by atoms with E-state index in [0.29, 0.717) is 0 Å². The molecule has 1 heterocycles. The SMILES string of the molecule is O=[N+]([O-])c1cnc2cc3c(cc2c1)CCC3. The van der Waals surface area contributed by atoms with E-state index in [1.165, 1.54) is 23.7 Å². The summed E-state index contributed by atoms with van der Waals surface area (Å²) in [6, 6.07) is 5.69. The quantitative estimate of drug-likeness (QED) is 0.541. The maximum atomic E-state index is 10.6. The van der Waals surface area contributed by atoms with Crippen LogP contribution in [0, 0.1) is 10.1 Å². The zero-order chi connectivity index (χ0) is 11.1. The largest absolute Gasteiger partial charge is 0.288 e. The van der Waals surface area contributed by atoms with Gasteiger partial charge in [-0.05, 0) is 42.5 Å². The van der Waals surface area contributed by atoms with Gasteiger partial charge in [0.2, 0.25) is 0 Å². The van der Waals surface area contributed by atoms with E-state index in [1.807, 2.05) is 6.07 Å². The van der Waals surface area contributed by atoms with Gasteiger partial charge in [-0.25, -0.2) is 4.98 Å². The van der Waals surface area contributed by atoms with E-state index < -0.39 is 4.92 Å². The summed E-state index contributed by atoms with van der Waals surface area (Å²) in [5.74, 6) is 0. The summed E-state index contributed by atoms with van der Waals surface area (Å²) in [5.41, 5.74) is 3.57. The Morgan fingerprint density at radius 1 is 1.19 bits per heavy atom. The molecule has 0 bridgehead atoms. The van der Waals surface area contributed by atoms with E-state index >= 15 is 0 Å². The number of pyridine rings is 1. The molecule has 0 spiro atoms. The van der Waals surface area contributed by atoms with Crippen LogP contribution in [0.4, 0.5) is 5.69 Å². The molecule has 0 aliphatic heterocycles. The molecular weight excluding hydrogens is 204 g/mol. The van der Waals surface area contributed by atoms with E-state index in [1.54, 1.807) is 6.07 Å². The molecule has 0 radical (unpaired) electrons. The number of aryl methyl sites for hydroxylation is 2. The first kappa shape index (κ1) is 9.27. The molecule has 0 N–H and O–H groups in total. The van der Waals surface area contributed by atoms with Crippen LogP contribution in [0.15, 0.2) is 24.4 Å². The predicted molar refractivity (Wildman–Crippen MR) is 60.4 cm³/mol. The van der Waals surface area contributed by atoms with Crippen molar-refractivity contribution >= 4 is 16.6 Å². The summed E-state index contributed by atoms with van der Waals surface area (Å²) in [6.45, 7) is 0. The van der Waals surface area contributed by atoms with Gasteiger partial charge in [0.1, 0.15) is 6.20 Å². The Morgan fingerprint density at radius 3 is 2.69 bits per heavy atom. The third-order valence-electron chi connectivity index (χ3n) is 3.09. The number of aromatic nitrogens is 1. The van der Waals surface area contributed by atoms with Crippen LogP contribution in [-0.4, -0.2) is 9.91 Å². The van der Waals surface area contributed by atoms with Gasteiger partial charge in [-0.1, -0.05) is 0 Å². The lowest BCUT2D eigenvalue weighted by Gasteiger charge is -2.02. The number of rotatable bonds is 1. The van der Waals surface area contributed by atoms with Crippen LogP contribution in [0.2, 0.25) is 0 Å². The van der Waals surface area contributed by atoms with Crippen molar-refractivity contribution in [2.75, 3.05) is 0 Å². The highest BCUT2D eigenvalue weighted by atomic mass is 16.6. The summed E-state index contributed by atoms with van der Waals surface area (Å²) >= 11 is 0. The molecule has 1 aromatic carbocycles. The molecule has 0 unspecified atom stereocenters. The molecule has 0 atom stereocenters. The Bertz CT molecular complexity index is 593. The molecular formula is C12H10N2O2. The molecule has 0 saturated carbocycles. The van der Waals surface area contributed by atoms with Crippen molar-refractivity contribution in [3.05, 3.63) is 45.6 Å². The van der Waals surface area contributed by atoms with Crippen LogP contribution >= 0.6 is 0 Å². The lowest BCUT2D eigenvalue weighted by atomic mass is 10.1. The molecule has 1 aliphatic carbocycles. The summed E-state index contributed by atoms with van der Waals surface area (Å²) < 4.78 is 0. The number of nitrogens with zero attached hydrogens (tertiary/aromatic N) is 2. The fraction of sp³-hybridized carbons (Fsp3) is 0.250. The van der Waals surface area contributed by atoms with Gasteiger partial charge in [0.05, 0.1) is 10.4 Å². The first-order valence-corrected chi connectivity index (χ1v) is 5.30. The zero-order valence-electron chi connectivity index (χ0n) is 8.64. The molecule has 2 aromatic rings. The van der Waals surface area contributed by atoms with E-state index in [2.05, 4.69) is 11.1 Å². The van der Waals surface area contributed by atoms with Crippen molar-refractivity contribution in [1.29, 1.82) is 0 Å². The zero-order valence-corrected chi connectivity index (χ0v) is 8.64. The topological polar surface area (TPSA) is 56.0 Å². The van der Waals surface area contributed by atoms with E-state index in [-0.39, 0.29) is 5.69 Å². The highest BCUT2D eigenvalue weighted by Crippen LogP contribution is 2.27. The molecule has 1 aliphatic rings. The van der Waals surface area contributed by atoms with Crippen molar-refractivity contribution in [3.63, 3.8) is 0 Å². The average Bonchev–Trinajstić information content (AvgIpc) is 2.71. The highest BCUT2D eigenvalue weighted by Gasteiger charge is 2.14. The lowest BCUT2D eigenvalue weighted by Crippen LogP contribution is -1.91. The van der Waals surface area contributed by atoms with Crippen LogP contribution in [0.25, 0.3) is 10.9 Å². The minimum Gasteiger partial charge on any atom is -0.258 e. The average molecular weight is 214 g/mol. The molecule has 0 fully saturated rings. The molecule has 16 heavy (non-hydrogen) atoms. The van der Waals surface area contributed by atoms with Crippen LogP contribution in [0.3, 0.4) is 0 Å². The summed E-state index contributed by atoms with van der Waals surface area (Å²) in [5, 5.41) is 11.5. The van der Waals surface area contributed by atoms with Gasteiger partial charge in [-0.2, -0.15) is 0 Å². The number of nitro groups is 1. The molecule has 3 rings (SSSR count). The predicted octanol–water partition coefficient (Wildman–Crippen LogP) is 2.63. The summed E-state index contributed by atoms with van der Waals surface area (Å²) in [6.07, 6.45) is 4.68. The van der Waals surface area contributed by atoms with Gasteiger partial charge in [-0.3, -0.25) is 10.1 Å².